The van der Waals surface area contributed by atoms with E-state index in [9.17, 15) is 5.11 Å². The van der Waals surface area contributed by atoms with Crippen LogP contribution in [-0.2, 0) is 0 Å². The Kier molecular flexibility index (Phi) is 9.48. The first kappa shape index (κ1) is 14.4. The molecule has 0 aliphatic rings. The Bertz CT molecular complexity index is 185. The first-order valence-electron chi connectivity index (χ1n) is 5.45. The molecular formula is C12H22O3. The smallest absolute Gasteiger partial charge is 0.0799 e. The van der Waals surface area contributed by atoms with Gasteiger partial charge in [-0.05, 0) is 32.6 Å². The Labute approximate surface area is 91.8 Å². The second-order valence-electron chi connectivity index (χ2n) is 3.59. The molecule has 3 N–H and O–H groups in total. The van der Waals surface area contributed by atoms with Crippen molar-refractivity contribution in [2.75, 3.05) is 6.61 Å². The molecule has 0 fully saturated rings. The Balaban J connectivity index is 3.35. The van der Waals surface area contributed by atoms with Gasteiger partial charge in [0.1, 0.15) is 0 Å². The zero-order valence-electron chi connectivity index (χ0n) is 9.34. The van der Waals surface area contributed by atoms with Gasteiger partial charge in [0.15, 0.2) is 0 Å². The van der Waals surface area contributed by atoms with E-state index in [0.717, 1.165) is 19.3 Å². The average Bonchev–Trinajstić information content (AvgIpc) is 2.21. The number of aliphatic hydroxyl groups excluding tert-OH is 3. The molecule has 3 nitrogen and oxygen atoms in total. The maximum absolute atomic E-state index is 9.28. The third-order valence-electron chi connectivity index (χ3n) is 2.12. The van der Waals surface area contributed by atoms with E-state index in [1.165, 1.54) is 0 Å². The number of unbranched alkanes of at least 4 members (excludes halogenated alkanes) is 1. The first-order valence-corrected chi connectivity index (χ1v) is 5.45. The third-order valence-corrected chi connectivity index (χ3v) is 2.12. The van der Waals surface area contributed by atoms with Crippen molar-refractivity contribution < 1.29 is 15.3 Å². The van der Waals surface area contributed by atoms with Crippen molar-refractivity contribution in [3.05, 3.63) is 24.3 Å². The number of hydrogen-bond acceptors (Lipinski definition) is 3. The summed E-state index contributed by atoms with van der Waals surface area (Å²) in [7, 11) is 0. The van der Waals surface area contributed by atoms with Crippen LogP contribution < -0.4 is 0 Å². The molecule has 3 heteroatoms. The highest BCUT2D eigenvalue weighted by Crippen LogP contribution is 2.03. The molecule has 0 aromatic carbocycles. The highest BCUT2D eigenvalue weighted by molar-refractivity contribution is 4.88. The topological polar surface area (TPSA) is 60.7 Å². The Hall–Kier alpha value is -0.640. The van der Waals surface area contributed by atoms with Gasteiger partial charge in [-0.1, -0.05) is 24.3 Å². The molecule has 2 unspecified atom stereocenters. The zero-order valence-corrected chi connectivity index (χ0v) is 9.34. The molecular weight excluding hydrogens is 192 g/mol. The molecule has 0 rings (SSSR count). The minimum atomic E-state index is -0.647. The SMILES string of the molecule is CC(O)C(O)CCC=CCCC=CCO. The highest BCUT2D eigenvalue weighted by Gasteiger charge is 2.08. The third kappa shape index (κ3) is 9.66. The summed E-state index contributed by atoms with van der Waals surface area (Å²) in [5.41, 5.74) is 0. The molecule has 0 amide bonds. The average molecular weight is 214 g/mol. The van der Waals surface area contributed by atoms with Crippen LogP contribution in [-0.4, -0.2) is 34.1 Å². The normalized spacial score (nSPS) is 16.3. The summed E-state index contributed by atoms with van der Waals surface area (Å²) in [6, 6.07) is 0. The summed E-state index contributed by atoms with van der Waals surface area (Å²) >= 11 is 0. The van der Waals surface area contributed by atoms with Gasteiger partial charge in [0, 0.05) is 0 Å². The molecule has 2 atom stereocenters. The van der Waals surface area contributed by atoms with Crippen LogP contribution in [0.1, 0.15) is 32.6 Å². The van der Waals surface area contributed by atoms with Crippen LogP contribution in [0.2, 0.25) is 0 Å². The van der Waals surface area contributed by atoms with Gasteiger partial charge in [0.2, 0.25) is 0 Å². The second kappa shape index (κ2) is 9.90. The summed E-state index contributed by atoms with van der Waals surface area (Å²) < 4.78 is 0. The molecule has 0 aromatic rings. The molecule has 0 bridgehead atoms. The van der Waals surface area contributed by atoms with Gasteiger partial charge in [-0.2, -0.15) is 0 Å². The largest absolute Gasteiger partial charge is 0.392 e. The lowest BCUT2D eigenvalue weighted by molar-refractivity contribution is 0.0269. The van der Waals surface area contributed by atoms with Crippen molar-refractivity contribution in [1.29, 1.82) is 0 Å². The van der Waals surface area contributed by atoms with Gasteiger partial charge >= 0.3 is 0 Å². The molecule has 0 spiro atoms. The number of aliphatic hydroxyl groups is 3. The van der Waals surface area contributed by atoms with Crippen LogP contribution in [0.5, 0.6) is 0 Å². The monoisotopic (exact) mass is 214 g/mol. The zero-order chi connectivity index (χ0) is 11.5. The minimum absolute atomic E-state index is 0.101. The highest BCUT2D eigenvalue weighted by atomic mass is 16.3. The van der Waals surface area contributed by atoms with E-state index >= 15 is 0 Å². The van der Waals surface area contributed by atoms with Gasteiger partial charge in [0.05, 0.1) is 18.8 Å². The van der Waals surface area contributed by atoms with Crippen LogP contribution in [0.4, 0.5) is 0 Å². The predicted octanol–water partition coefficient (Wildman–Crippen LogP) is 1.39. The Morgan fingerprint density at radius 2 is 1.47 bits per heavy atom. The summed E-state index contributed by atoms with van der Waals surface area (Å²) in [5, 5.41) is 26.8. The predicted molar refractivity (Wildman–Crippen MR) is 61.5 cm³/mol. The second-order valence-corrected chi connectivity index (χ2v) is 3.59. The van der Waals surface area contributed by atoms with Gasteiger partial charge in [-0.3, -0.25) is 0 Å². The van der Waals surface area contributed by atoms with E-state index in [0.29, 0.717) is 6.42 Å². The summed E-state index contributed by atoms with van der Waals surface area (Å²) in [6.07, 6.45) is 9.72. The van der Waals surface area contributed by atoms with E-state index in [2.05, 4.69) is 6.08 Å². The van der Waals surface area contributed by atoms with Crippen LogP contribution in [0.25, 0.3) is 0 Å². The van der Waals surface area contributed by atoms with Gasteiger partial charge in [0.25, 0.3) is 0 Å². The molecule has 88 valence electrons. The fourth-order valence-electron chi connectivity index (χ4n) is 1.13. The van der Waals surface area contributed by atoms with Crippen molar-refractivity contribution in [3.8, 4) is 0 Å². The van der Waals surface area contributed by atoms with Crippen molar-refractivity contribution in [2.45, 2.75) is 44.8 Å². The Morgan fingerprint density at radius 1 is 0.933 bits per heavy atom. The van der Waals surface area contributed by atoms with E-state index in [4.69, 9.17) is 10.2 Å². The van der Waals surface area contributed by atoms with Crippen molar-refractivity contribution in [2.24, 2.45) is 0 Å². The Morgan fingerprint density at radius 3 is 2.00 bits per heavy atom. The van der Waals surface area contributed by atoms with Crippen molar-refractivity contribution >= 4 is 0 Å². The molecule has 0 aromatic heterocycles. The van der Waals surface area contributed by atoms with E-state index in [-0.39, 0.29) is 6.61 Å². The van der Waals surface area contributed by atoms with Crippen LogP contribution >= 0.6 is 0 Å². The van der Waals surface area contributed by atoms with Gasteiger partial charge in [-0.15, -0.1) is 0 Å². The van der Waals surface area contributed by atoms with Gasteiger partial charge < -0.3 is 15.3 Å². The number of hydrogen-bond donors (Lipinski definition) is 3. The molecule has 0 radical (unpaired) electrons. The van der Waals surface area contributed by atoms with E-state index in [1.807, 2.05) is 12.2 Å². The number of rotatable bonds is 8. The first-order chi connectivity index (χ1) is 7.18. The van der Waals surface area contributed by atoms with Crippen LogP contribution in [0, 0.1) is 0 Å². The lowest BCUT2D eigenvalue weighted by atomic mass is 10.1. The van der Waals surface area contributed by atoms with Crippen molar-refractivity contribution in [1.82, 2.24) is 0 Å². The summed E-state index contributed by atoms with van der Waals surface area (Å²) in [4.78, 5) is 0. The van der Waals surface area contributed by atoms with Crippen molar-refractivity contribution in [3.63, 3.8) is 0 Å². The quantitative estimate of drug-likeness (QED) is 0.423. The molecule has 0 aliphatic heterocycles. The standard InChI is InChI=1S/C12H22O3/c1-11(14)12(15)9-7-5-3-2-4-6-8-10-13/h3,5-6,8,11-15H,2,4,7,9-10H2,1H3. The lowest BCUT2D eigenvalue weighted by Gasteiger charge is -2.11. The molecule has 0 heterocycles. The maximum atomic E-state index is 9.28. The molecule has 0 saturated heterocycles. The maximum Gasteiger partial charge on any atom is 0.0799 e. The fraction of sp³-hybridized carbons (Fsp3) is 0.667. The van der Waals surface area contributed by atoms with Crippen LogP contribution in [0.15, 0.2) is 24.3 Å². The van der Waals surface area contributed by atoms with E-state index in [1.54, 1.807) is 13.0 Å². The molecule has 0 saturated carbocycles. The minimum Gasteiger partial charge on any atom is -0.392 e. The van der Waals surface area contributed by atoms with Gasteiger partial charge in [-0.25, -0.2) is 0 Å². The molecule has 0 aliphatic carbocycles. The summed E-state index contributed by atoms with van der Waals surface area (Å²) in [6.45, 7) is 1.69. The summed E-state index contributed by atoms with van der Waals surface area (Å²) in [5.74, 6) is 0. The lowest BCUT2D eigenvalue weighted by Crippen LogP contribution is -2.21. The van der Waals surface area contributed by atoms with Crippen LogP contribution in [0.3, 0.4) is 0 Å². The number of allylic oxidation sites excluding steroid dienone is 3. The molecule has 15 heavy (non-hydrogen) atoms. The fourth-order valence-corrected chi connectivity index (χ4v) is 1.13. The van der Waals surface area contributed by atoms with E-state index < -0.39 is 12.2 Å².